The Morgan fingerprint density at radius 2 is 2.00 bits per heavy atom. The Hall–Kier alpha value is -2.22. The van der Waals surface area contributed by atoms with Crippen LogP contribution in [-0.2, 0) is 25.6 Å². The lowest BCUT2D eigenvalue weighted by atomic mass is 9.94. The molecule has 1 heterocycles. The van der Waals surface area contributed by atoms with Crippen molar-refractivity contribution in [3.8, 4) is 11.5 Å². The molecule has 1 aromatic carbocycles. The summed E-state index contributed by atoms with van der Waals surface area (Å²) in [7, 11) is 1.50. The van der Waals surface area contributed by atoms with E-state index in [9.17, 15) is 9.90 Å². The molecule has 0 amide bonds. The summed E-state index contributed by atoms with van der Waals surface area (Å²) in [5.41, 5.74) is 2.92. The van der Waals surface area contributed by atoms with E-state index in [0.717, 1.165) is 48.3 Å². The van der Waals surface area contributed by atoms with Gasteiger partial charge in [0.05, 0.1) is 32.0 Å². The molecule has 0 saturated heterocycles. The smallest absolute Gasteiger partial charge is 0.311 e. The summed E-state index contributed by atoms with van der Waals surface area (Å²) in [6.07, 6.45) is 3.68. The van der Waals surface area contributed by atoms with E-state index in [1.807, 2.05) is 38.1 Å². The summed E-state index contributed by atoms with van der Waals surface area (Å²) in [5, 5.41) is 9.22. The maximum absolute atomic E-state index is 11.2. The third-order valence-corrected chi connectivity index (χ3v) is 5.44. The first-order valence-electron chi connectivity index (χ1n) is 10.4. The van der Waals surface area contributed by atoms with Crippen LogP contribution in [0.2, 0.25) is 0 Å². The van der Waals surface area contributed by atoms with Crippen LogP contribution in [-0.4, -0.2) is 48.6 Å². The molecule has 0 spiro atoms. The second kappa shape index (κ2) is 10.7. The second-order valence-corrected chi connectivity index (χ2v) is 7.94. The zero-order chi connectivity index (χ0) is 21.5. The molecule has 2 aromatic rings. The maximum atomic E-state index is 11.2. The number of aliphatic carboxylic acids is 1. The van der Waals surface area contributed by atoms with Gasteiger partial charge in [0, 0.05) is 12.7 Å². The number of nitrogens with zero attached hydrogens (tertiary/aromatic N) is 1. The molecular formula is C23H31NO6. The summed E-state index contributed by atoms with van der Waals surface area (Å²) in [6, 6.07) is 8.07. The SMILES string of the molecule is COCC(COC1CCCC(OCc2nc(-c3cccc(C)c3)oc2C)C1)C(=O)O. The van der Waals surface area contributed by atoms with Crippen molar-refractivity contribution in [3.05, 3.63) is 41.3 Å². The standard InChI is InChI=1S/C23H31NO6/c1-15-6-4-7-17(10-15)22-24-21(16(2)30-22)14-29-20-9-5-8-19(11-20)28-13-18(12-27-3)23(25)26/h4,6-7,10,18-20H,5,8-9,11-14H2,1-3H3,(H,25,26). The molecule has 30 heavy (non-hydrogen) atoms. The van der Waals surface area contributed by atoms with E-state index in [0.29, 0.717) is 12.5 Å². The number of aryl methyl sites for hydroxylation is 2. The van der Waals surface area contributed by atoms with Crippen LogP contribution in [0.4, 0.5) is 0 Å². The van der Waals surface area contributed by atoms with Gasteiger partial charge in [-0.05, 0) is 51.7 Å². The summed E-state index contributed by atoms with van der Waals surface area (Å²) in [4.78, 5) is 15.9. The number of hydrogen-bond acceptors (Lipinski definition) is 6. The Morgan fingerprint density at radius 3 is 2.70 bits per heavy atom. The van der Waals surface area contributed by atoms with Crippen LogP contribution >= 0.6 is 0 Å². The molecule has 7 nitrogen and oxygen atoms in total. The highest BCUT2D eigenvalue weighted by Crippen LogP contribution is 2.27. The van der Waals surface area contributed by atoms with Crippen LogP contribution in [0.3, 0.4) is 0 Å². The van der Waals surface area contributed by atoms with E-state index in [4.69, 9.17) is 18.6 Å². The number of oxazole rings is 1. The molecule has 3 atom stereocenters. The normalized spacial score (nSPS) is 20.2. The number of carbonyl (C=O) groups is 1. The second-order valence-electron chi connectivity index (χ2n) is 7.94. The first-order chi connectivity index (χ1) is 14.5. The van der Waals surface area contributed by atoms with Crippen LogP contribution in [0.25, 0.3) is 11.5 Å². The molecular weight excluding hydrogens is 386 g/mol. The predicted molar refractivity (Wildman–Crippen MR) is 111 cm³/mol. The maximum Gasteiger partial charge on any atom is 0.311 e. The highest BCUT2D eigenvalue weighted by atomic mass is 16.5. The van der Waals surface area contributed by atoms with Crippen LogP contribution in [0.15, 0.2) is 28.7 Å². The molecule has 1 saturated carbocycles. The quantitative estimate of drug-likeness (QED) is 0.621. The Labute approximate surface area is 177 Å². The van der Waals surface area contributed by atoms with Gasteiger partial charge in [0.1, 0.15) is 17.4 Å². The van der Waals surface area contributed by atoms with E-state index in [2.05, 4.69) is 4.98 Å². The highest BCUT2D eigenvalue weighted by Gasteiger charge is 2.26. The minimum atomic E-state index is -0.897. The minimum Gasteiger partial charge on any atom is -0.481 e. The molecule has 164 valence electrons. The van der Waals surface area contributed by atoms with Gasteiger partial charge in [0.25, 0.3) is 0 Å². The lowest BCUT2D eigenvalue weighted by molar-refractivity contribution is -0.148. The predicted octanol–water partition coefficient (Wildman–Crippen LogP) is 4.15. The monoisotopic (exact) mass is 417 g/mol. The minimum absolute atomic E-state index is 0.00344. The van der Waals surface area contributed by atoms with E-state index < -0.39 is 11.9 Å². The van der Waals surface area contributed by atoms with Gasteiger partial charge in [-0.1, -0.05) is 17.7 Å². The summed E-state index contributed by atoms with van der Waals surface area (Å²) < 4.78 is 22.8. The Balaban J connectivity index is 1.51. The highest BCUT2D eigenvalue weighted by molar-refractivity contribution is 5.70. The number of hydrogen-bond donors (Lipinski definition) is 1. The summed E-state index contributed by atoms with van der Waals surface area (Å²) in [5.74, 6) is -0.169. The number of carboxylic acids is 1. The Kier molecular flexibility index (Phi) is 8.01. The average molecular weight is 418 g/mol. The van der Waals surface area contributed by atoms with Crippen molar-refractivity contribution in [2.24, 2.45) is 5.92 Å². The number of benzene rings is 1. The zero-order valence-corrected chi connectivity index (χ0v) is 17.9. The summed E-state index contributed by atoms with van der Waals surface area (Å²) in [6.45, 7) is 4.64. The van der Waals surface area contributed by atoms with Gasteiger partial charge < -0.3 is 23.7 Å². The molecule has 3 unspecified atom stereocenters. The molecule has 0 radical (unpaired) electrons. The van der Waals surface area contributed by atoms with Gasteiger partial charge >= 0.3 is 5.97 Å². The first kappa shape index (κ1) is 22.5. The molecule has 1 N–H and O–H groups in total. The molecule has 1 fully saturated rings. The largest absolute Gasteiger partial charge is 0.481 e. The molecule has 1 aliphatic carbocycles. The van der Waals surface area contributed by atoms with E-state index in [1.54, 1.807) is 0 Å². The molecule has 0 bridgehead atoms. The Morgan fingerprint density at radius 1 is 1.23 bits per heavy atom. The van der Waals surface area contributed by atoms with Crippen LogP contribution in [0.5, 0.6) is 0 Å². The van der Waals surface area contributed by atoms with Crippen molar-refractivity contribution in [1.29, 1.82) is 0 Å². The van der Waals surface area contributed by atoms with Gasteiger partial charge in [0.2, 0.25) is 5.89 Å². The Bertz CT molecular complexity index is 833. The van der Waals surface area contributed by atoms with Crippen molar-refractivity contribution in [2.75, 3.05) is 20.3 Å². The first-order valence-corrected chi connectivity index (χ1v) is 10.4. The third kappa shape index (κ3) is 6.14. The number of carboxylic acid groups (broad SMARTS) is 1. The number of ether oxygens (including phenoxy) is 3. The van der Waals surface area contributed by atoms with Crippen molar-refractivity contribution >= 4 is 5.97 Å². The molecule has 1 aromatic heterocycles. The lowest BCUT2D eigenvalue weighted by Gasteiger charge is -2.29. The lowest BCUT2D eigenvalue weighted by Crippen LogP contribution is -2.32. The molecule has 7 heteroatoms. The van der Waals surface area contributed by atoms with Crippen molar-refractivity contribution < 1.29 is 28.5 Å². The van der Waals surface area contributed by atoms with Gasteiger partial charge in [-0.15, -0.1) is 0 Å². The van der Waals surface area contributed by atoms with Crippen LogP contribution in [0, 0.1) is 19.8 Å². The van der Waals surface area contributed by atoms with E-state index >= 15 is 0 Å². The average Bonchev–Trinajstić information content (AvgIpc) is 3.10. The molecule has 1 aliphatic rings. The topological polar surface area (TPSA) is 91.0 Å². The van der Waals surface area contributed by atoms with E-state index in [-0.39, 0.29) is 25.4 Å². The zero-order valence-electron chi connectivity index (χ0n) is 17.9. The van der Waals surface area contributed by atoms with Crippen molar-refractivity contribution in [1.82, 2.24) is 4.98 Å². The van der Waals surface area contributed by atoms with Crippen LogP contribution in [0.1, 0.15) is 42.7 Å². The molecule has 3 rings (SSSR count). The summed E-state index contributed by atoms with van der Waals surface area (Å²) >= 11 is 0. The van der Waals surface area contributed by atoms with Gasteiger partial charge in [-0.25, -0.2) is 4.98 Å². The van der Waals surface area contributed by atoms with Crippen LogP contribution < -0.4 is 0 Å². The van der Waals surface area contributed by atoms with Gasteiger partial charge in [-0.2, -0.15) is 0 Å². The van der Waals surface area contributed by atoms with Crippen molar-refractivity contribution in [2.45, 2.75) is 58.3 Å². The molecule has 0 aliphatic heterocycles. The van der Waals surface area contributed by atoms with E-state index in [1.165, 1.54) is 7.11 Å². The number of rotatable bonds is 10. The fourth-order valence-corrected chi connectivity index (χ4v) is 3.71. The van der Waals surface area contributed by atoms with Crippen molar-refractivity contribution in [3.63, 3.8) is 0 Å². The third-order valence-electron chi connectivity index (χ3n) is 5.44. The van der Waals surface area contributed by atoms with Gasteiger partial charge in [0.15, 0.2) is 0 Å². The fourth-order valence-electron chi connectivity index (χ4n) is 3.71. The van der Waals surface area contributed by atoms with Gasteiger partial charge in [-0.3, -0.25) is 4.79 Å². The number of methoxy groups -OCH3 is 1. The fraction of sp³-hybridized carbons (Fsp3) is 0.565. The number of aromatic nitrogens is 1.